The van der Waals surface area contributed by atoms with Gasteiger partial charge in [-0.15, -0.1) is 0 Å². The molecule has 0 atom stereocenters. The minimum atomic E-state index is -0.966. The zero-order chi connectivity index (χ0) is 20.8. The van der Waals surface area contributed by atoms with E-state index in [1.54, 1.807) is 49.3 Å². The Bertz CT molecular complexity index is 977. The molecule has 0 spiro atoms. The van der Waals surface area contributed by atoms with Crippen LogP contribution in [0.15, 0.2) is 102 Å². The van der Waals surface area contributed by atoms with Crippen molar-refractivity contribution in [1.82, 2.24) is 0 Å². The molecule has 6 heteroatoms. The molecule has 0 fully saturated rings. The highest BCUT2D eigenvalue weighted by atomic mass is 16.4. The molecule has 0 amide bonds. The van der Waals surface area contributed by atoms with Crippen molar-refractivity contribution in [1.29, 1.82) is 0 Å². The minimum absolute atomic E-state index is 0.329. The predicted molar refractivity (Wildman–Crippen MR) is 108 cm³/mol. The molecule has 4 rings (SSSR count). The predicted octanol–water partition coefficient (Wildman–Crippen LogP) is 5.33. The standard InChI is InChI=1S/C24H22O6/c25-24(26)23(17(13-19-5-1-9-27-19)14-20-6-2-10-28-20)18(15-21-7-3-11-29-21)16-22-8-4-12-30-22/h1-12,17H,13-16H2,(H,25,26). The molecule has 0 aliphatic heterocycles. The average Bonchev–Trinajstić information content (AvgIpc) is 3.51. The smallest absolute Gasteiger partial charge is 0.331 e. The van der Waals surface area contributed by atoms with Gasteiger partial charge in [0.15, 0.2) is 0 Å². The normalized spacial score (nSPS) is 11.1. The number of carbonyl (C=O) groups is 1. The molecule has 6 nitrogen and oxygen atoms in total. The fourth-order valence-electron chi connectivity index (χ4n) is 3.73. The lowest BCUT2D eigenvalue weighted by Crippen LogP contribution is -2.21. The first-order valence-electron chi connectivity index (χ1n) is 9.73. The van der Waals surface area contributed by atoms with Gasteiger partial charge in [-0.3, -0.25) is 0 Å². The first-order valence-corrected chi connectivity index (χ1v) is 9.73. The molecule has 0 aromatic carbocycles. The van der Waals surface area contributed by atoms with Gasteiger partial charge in [0.25, 0.3) is 0 Å². The van der Waals surface area contributed by atoms with E-state index in [1.807, 2.05) is 24.3 Å². The van der Waals surface area contributed by atoms with Crippen LogP contribution in [0.4, 0.5) is 0 Å². The first kappa shape index (κ1) is 19.6. The molecule has 0 saturated heterocycles. The van der Waals surface area contributed by atoms with Gasteiger partial charge in [-0.25, -0.2) is 4.79 Å². The van der Waals surface area contributed by atoms with Gasteiger partial charge in [0, 0.05) is 37.2 Å². The zero-order valence-electron chi connectivity index (χ0n) is 16.3. The molecule has 0 bridgehead atoms. The molecule has 4 aromatic rings. The van der Waals surface area contributed by atoms with E-state index >= 15 is 0 Å². The van der Waals surface area contributed by atoms with E-state index in [9.17, 15) is 9.90 Å². The van der Waals surface area contributed by atoms with Gasteiger partial charge in [-0.05, 0) is 54.1 Å². The number of carboxylic acids is 1. The Hall–Kier alpha value is -3.67. The molecule has 0 saturated carbocycles. The fourth-order valence-corrected chi connectivity index (χ4v) is 3.73. The van der Waals surface area contributed by atoms with Crippen LogP contribution in [0.5, 0.6) is 0 Å². The van der Waals surface area contributed by atoms with E-state index in [4.69, 9.17) is 17.7 Å². The summed E-state index contributed by atoms with van der Waals surface area (Å²) in [5.74, 6) is 1.53. The van der Waals surface area contributed by atoms with Gasteiger partial charge in [0.05, 0.1) is 25.1 Å². The van der Waals surface area contributed by atoms with Gasteiger partial charge in [0.1, 0.15) is 23.0 Å². The summed E-state index contributed by atoms with van der Waals surface area (Å²) in [6, 6.07) is 14.6. The number of furan rings is 4. The third-order valence-corrected chi connectivity index (χ3v) is 5.01. The van der Waals surface area contributed by atoms with Gasteiger partial charge in [-0.1, -0.05) is 0 Å². The second-order valence-electron chi connectivity index (χ2n) is 7.10. The Morgan fingerprint density at radius 2 is 1.10 bits per heavy atom. The number of hydrogen-bond acceptors (Lipinski definition) is 5. The van der Waals surface area contributed by atoms with Crippen molar-refractivity contribution >= 4 is 5.97 Å². The van der Waals surface area contributed by atoms with Crippen molar-refractivity contribution < 1.29 is 27.6 Å². The summed E-state index contributed by atoms with van der Waals surface area (Å²) in [6.07, 6.45) is 7.99. The molecular weight excluding hydrogens is 384 g/mol. The minimum Gasteiger partial charge on any atom is -0.478 e. The van der Waals surface area contributed by atoms with Crippen molar-refractivity contribution in [3.05, 3.63) is 108 Å². The fraction of sp³-hybridized carbons (Fsp3) is 0.208. The third kappa shape index (κ3) is 4.84. The van der Waals surface area contributed by atoms with Gasteiger partial charge in [-0.2, -0.15) is 0 Å². The monoisotopic (exact) mass is 406 g/mol. The number of allylic oxidation sites excluding steroid dienone is 1. The van der Waals surface area contributed by atoms with Gasteiger partial charge in [0.2, 0.25) is 0 Å². The maximum atomic E-state index is 12.5. The number of carboxylic acid groups (broad SMARTS) is 1. The molecule has 0 unspecified atom stereocenters. The summed E-state index contributed by atoms with van der Waals surface area (Å²) in [5, 5.41) is 10.2. The van der Waals surface area contributed by atoms with Crippen LogP contribution in [0.2, 0.25) is 0 Å². The Morgan fingerprint density at radius 3 is 1.43 bits per heavy atom. The molecule has 154 valence electrons. The third-order valence-electron chi connectivity index (χ3n) is 5.01. The van der Waals surface area contributed by atoms with Crippen LogP contribution in [0, 0.1) is 5.92 Å². The quantitative estimate of drug-likeness (QED) is 0.358. The molecular formula is C24H22O6. The van der Waals surface area contributed by atoms with E-state index in [0.717, 1.165) is 17.1 Å². The van der Waals surface area contributed by atoms with Crippen LogP contribution in [0.25, 0.3) is 0 Å². The lowest BCUT2D eigenvalue weighted by atomic mass is 9.84. The van der Waals surface area contributed by atoms with Crippen LogP contribution in [0.3, 0.4) is 0 Å². The van der Waals surface area contributed by atoms with Crippen molar-refractivity contribution in [2.24, 2.45) is 5.92 Å². The molecule has 4 heterocycles. The van der Waals surface area contributed by atoms with Gasteiger partial charge < -0.3 is 22.8 Å². The summed E-state index contributed by atoms with van der Waals surface area (Å²) in [4.78, 5) is 12.5. The van der Waals surface area contributed by atoms with E-state index in [0.29, 0.717) is 42.8 Å². The Balaban J connectivity index is 1.76. The lowest BCUT2D eigenvalue weighted by molar-refractivity contribution is -0.133. The molecule has 0 aliphatic carbocycles. The maximum Gasteiger partial charge on any atom is 0.331 e. The lowest BCUT2D eigenvalue weighted by Gasteiger charge is -2.20. The largest absolute Gasteiger partial charge is 0.478 e. The Morgan fingerprint density at radius 1 is 0.700 bits per heavy atom. The highest BCUT2D eigenvalue weighted by Crippen LogP contribution is 2.29. The first-order chi connectivity index (χ1) is 14.7. The summed E-state index contributed by atoms with van der Waals surface area (Å²) in [6.45, 7) is 0. The SMILES string of the molecule is O=C(O)C(=C(Cc1ccco1)Cc1ccco1)C(Cc1ccco1)Cc1ccco1. The molecule has 0 aliphatic rings. The van der Waals surface area contributed by atoms with Crippen molar-refractivity contribution in [3.63, 3.8) is 0 Å². The second kappa shape index (κ2) is 9.22. The van der Waals surface area contributed by atoms with E-state index in [1.165, 1.54) is 0 Å². The topological polar surface area (TPSA) is 89.9 Å². The highest BCUT2D eigenvalue weighted by Gasteiger charge is 2.28. The van der Waals surface area contributed by atoms with Crippen LogP contribution in [-0.2, 0) is 30.5 Å². The van der Waals surface area contributed by atoms with Crippen LogP contribution >= 0.6 is 0 Å². The van der Waals surface area contributed by atoms with Crippen LogP contribution in [0.1, 0.15) is 23.0 Å². The summed E-state index contributed by atoms with van der Waals surface area (Å²) in [7, 11) is 0. The molecule has 1 N–H and O–H groups in total. The van der Waals surface area contributed by atoms with Gasteiger partial charge >= 0.3 is 5.97 Å². The van der Waals surface area contributed by atoms with Crippen LogP contribution < -0.4 is 0 Å². The summed E-state index contributed by atoms with van der Waals surface area (Å²) >= 11 is 0. The Labute approximate surface area is 173 Å². The Kier molecular flexibility index (Phi) is 6.03. The molecule has 4 aromatic heterocycles. The number of aliphatic carboxylic acids is 1. The highest BCUT2D eigenvalue weighted by molar-refractivity contribution is 5.88. The van der Waals surface area contributed by atoms with E-state index in [2.05, 4.69) is 0 Å². The summed E-state index contributed by atoms with van der Waals surface area (Å²) in [5.41, 5.74) is 1.06. The molecule has 30 heavy (non-hydrogen) atoms. The van der Waals surface area contributed by atoms with Crippen LogP contribution in [-0.4, -0.2) is 11.1 Å². The second-order valence-corrected chi connectivity index (χ2v) is 7.10. The van der Waals surface area contributed by atoms with E-state index in [-0.39, 0.29) is 5.92 Å². The number of hydrogen-bond donors (Lipinski definition) is 1. The van der Waals surface area contributed by atoms with Crippen molar-refractivity contribution in [2.75, 3.05) is 0 Å². The average molecular weight is 406 g/mol. The van der Waals surface area contributed by atoms with Crippen molar-refractivity contribution in [2.45, 2.75) is 25.7 Å². The summed E-state index contributed by atoms with van der Waals surface area (Å²) < 4.78 is 22.1. The van der Waals surface area contributed by atoms with Crippen molar-refractivity contribution in [3.8, 4) is 0 Å². The van der Waals surface area contributed by atoms with E-state index < -0.39 is 5.97 Å². The zero-order valence-corrected chi connectivity index (χ0v) is 16.3. The number of rotatable bonds is 10. The molecule has 0 radical (unpaired) electrons. The maximum absolute atomic E-state index is 12.5.